The molecule has 6 heteroatoms. The van der Waals surface area contributed by atoms with Crippen LogP contribution < -0.4 is 15.1 Å². The molecule has 3 aromatic carbocycles. The Labute approximate surface area is 186 Å². The maximum Gasteiger partial charge on any atom is 0.225 e. The molecule has 0 bridgehead atoms. The Morgan fingerprint density at radius 3 is 2.50 bits per heavy atom. The Morgan fingerprint density at radius 1 is 0.938 bits per heavy atom. The van der Waals surface area contributed by atoms with Gasteiger partial charge in [0.15, 0.2) is 0 Å². The molecule has 2 heterocycles. The molecule has 0 unspecified atom stereocenters. The van der Waals surface area contributed by atoms with Crippen molar-refractivity contribution in [1.29, 1.82) is 0 Å². The number of rotatable bonds is 4. The Balaban J connectivity index is 1.39. The van der Waals surface area contributed by atoms with E-state index in [9.17, 15) is 13.6 Å². The number of carbonyl (C=O) groups is 1. The lowest BCUT2D eigenvalue weighted by Crippen LogP contribution is -2.61. The van der Waals surface area contributed by atoms with E-state index in [1.807, 2.05) is 12.1 Å². The largest absolute Gasteiger partial charge is 0.368 e. The summed E-state index contributed by atoms with van der Waals surface area (Å²) in [4.78, 5) is 17.8. The van der Waals surface area contributed by atoms with Gasteiger partial charge >= 0.3 is 0 Å². The number of hydrogen-bond donors (Lipinski definition) is 1. The molecule has 1 N–H and O–H groups in total. The molecule has 32 heavy (non-hydrogen) atoms. The third-order valence-electron chi connectivity index (χ3n) is 6.56. The van der Waals surface area contributed by atoms with Crippen molar-refractivity contribution in [2.75, 3.05) is 29.4 Å². The number of para-hydroxylation sites is 1. The molecule has 164 valence electrons. The standard InChI is InChI=1S/C26H25F2N3O/c27-20-9-11-21(12-10-20)30-13-14-31-24-8-4-2-5-18(24)15-22(25(31)17-30)26(32)29-16-19-6-1-3-7-23(19)28/h1-12,22,25H,13-17H2,(H,29,32)/t22-,25+/m0/s1. The number of anilines is 2. The van der Waals surface area contributed by atoms with E-state index in [2.05, 4.69) is 27.2 Å². The first kappa shape index (κ1) is 20.5. The molecular formula is C26H25F2N3O. The summed E-state index contributed by atoms with van der Waals surface area (Å²) in [6.07, 6.45) is 0.637. The van der Waals surface area contributed by atoms with E-state index < -0.39 is 0 Å². The van der Waals surface area contributed by atoms with E-state index >= 15 is 0 Å². The fourth-order valence-corrected chi connectivity index (χ4v) is 4.90. The molecule has 0 aliphatic carbocycles. The van der Waals surface area contributed by atoms with Crippen LogP contribution in [0.25, 0.3) is 0 Å². The molecule has 1 fully saturated rings. The molecule has 2 aliphatic heterocycles. The maximum atomic E-state index is 14.0. The van der Waals surface area contributed by atoms with Crippen LogP contribution in [0.1, 0.15) is 11.1 Å². The summed E-state index contributed by atoms with van der Waals surface area (Å²) in [7, 11) is 0. The van der Waals surface area contributed by atoms with Gasteiger partial charge in [-0.15, -0.1) is 0 Å². The second-order valence-electron chi connectivity index (χ2n) is 8.43. The lowest BCUT2D eigenvalue weighted by molar-refractivity contribution is -0.126. The minimum atomic E-state index is -0.316. The van der Waals surface area contributed by atoms with Gasteiger partial charge in [-0.1, -0.05) is 36.4 Å². The summed E-state index contributed by atoms with van der Waals surface area (Å²) >= 11 is 0. The van der Waals surface area contributed by atoms with Crippen molar-refractivity contribution in [2.45, 2.75) is 19.0 Å². The molecule has 1 amide bonds. The summed E-state index contributed by atoms with van der Waals surface area (Å²) in [5.41, 5.74) is 3.76. The zero-order chi connectivity index (χ0) is 22.1. The van der Waals surface area contributed by atoms with Crippen LogP contribution in [0.2, 0.25) is 0 Å². The number of nitrogens with one attached hydrogen (secondary N) is 1. The van der Waals surface area contributed by atoms with Crippen molar-refractivity contribution in [2.24, 2.45) is 5.92 Å². The monoisotopic (exact) mass is 433 g/mol. The Bertz CT molecular complexity index is 1120. The molecule has 1 saturated heterocycles. The average molecular weight is 434 g/mol. The van der Waals surface area contributed by atoms with E-state index in [1.54, 1.807) is 30.3 Å². The molecule has 4 nitrogen and oxygen atoms in total. The molecule has 2 aliphatic rings. The van der Waals surface area contributed by atoms with Gasteiger partial charge in [-0.2, -0.15) is 0 Å². The smallest absolute Gasteiger partial charge is 0.225 e. The predicted octanol–water partition coefficient (Wildman–Crippen LogP) is 4.15. The predicted molar refractivity (Wildman–Crippen MR) is 122 cm³/mol. The Morgan fingerprint density at radius 2 is 1.69 bits per heavy atom. The number of hydrogen-bond acceptors (Lipinski definition) is 3. The summed E-state index contributed by atoms with van der Waals surface area (Å²) in [6.45, 7) is 2.39. The fourth-order valence-electron chi connectivity index (χ4n) is 4.90. The lowest BCUT2D eigenvalue weighted by atomic mass is 9.83. The van der Waals surface area contributed by atoms with E-state index in [0.717, 1.165) is 24.3 Å². The minimum Gasteiger partial charge on any atom is -0.368 e. The molecule has 3 aromatic rings. The van der Waals surface area contributed by atoms with Crippen LogP contribution in [0.5, 0.6) is 0 Å². The van der Waals surface area contributed by atoms with Crippen LogP contribution in [-0.2, 0) is 17.8 Å². The van der Waals surface area contributed by atoms with Crippen molar-refractivity contribution in [1.82, 2.24) is 5.32 Å². The van der Waals surface area contributed by atoms with Crippen molar-refractivity contribution < 1.29 is 13.6 Å². The topological polar surface area (TPSA) is 35.6 Å². The van der Waals surface area contributed by atoms with Gasteiger partial charge in [0, 0.05) is 43.1 Å². The van der Waals surface area contributed by atoms with Gasteiger partial charge in [-0.25, -0.2) is 8.78 Å². The first-order valence-corrected chi connectivity index (χ1v) is 11.0. The third-order valence-corrected chi connectivity index (χ3v) is 6.56. The number of halogens is 2. The third kappa shape index (κ3) is 3.93. The quantitative estimate of drug-likeness (QED) is 0.672. The lowest BCUT2D eigenvalue weighted by Gasteiger charge is -2.49. The molecule has 0 aromatic heterocycles. The highest BCUT2D eigenvalue weighted by Gasteiger charge is 2.41. The molecular weight excluding hydrogens is 408 g/mol. The summed E-state index contributed by atoms with van der Waals surface area (Å²) in [5.74, 6) is -0.911. The normalized spacial score (nSPS) is 19.8. The SMILES string of the molecule is O=C(NCc1ccccc1F)[C@H]1Cc2ccccc2N2CCN(c3ccc(F)cc3)C[C@H]12. The van der Waals surface area contributed by atoms with Gasteiger partial charge in [0.2, 0.25) is 5.91 Å². The van der Waals surface area contributed by atoms with Gasteiger partial charge in [0.1, 0.15) is 11.6 Å². The van der Waals surface area contributed by atoms with Gasteiger partial charge in [-0.3, -0.25) is 4.79 Å². The van der Waals surface area contributed by atoms with E-state index in [0.29, 0.717) is 18.5 Å². The number of nitrogens with zero attached hydrogens (tertiary/aromatic N) is 2. The van der Waals surface area contributed by atoms with Crippen molar-refractivity contribution in [3.8, 4) is 0 Å². The molecule has 0 radical (unpaired) electrons. The van der Waals surface area contributed by atoms with Crippen molar-refractivity contribution >= 4 is 17.3 Å². The second kappa shape index (κ2) is 8.61. The molecule has 0 spiro atoms. The first-order chi connectivity index (χ1) is 15.6. The number of piperazine rings is 1. The molecule has 5 rings (SSSR count). The van der Waals surface area contributed by atoms with Crippen molar-refractivity contribution in [3.05, 3.63) is 95.6 Å². The zero-order valence-corrected chi connectivity index (χ0v) is 17.7. The summed E-state index contributed by atoms with van der Waals surface area (Å²) in [6, 6.07) is 21.2. The number of fused-ring (bicyclic) bond motifs is 3. The summed E-state index contributed by atoms with van der Waals surface area (Å²) in [5, 5.41) is 2.96. The number of benzene rings is 3. The zero-order valence-electron chi connectivity index (χ0n) is 17.7. The first-order valence-electron chi connectivity index (χ1n) is 11.0. The molecule has 2 atom stereocenters. The number of carbonyl (C=O) groups excluding carboxylic acids is 1. The highest BCUT2D eigenvalue weighted by atomic mass is 19.1. The highest BCUT2D eigenvalue weighted by molar-refractivity contribution is 5.82. The maximum absolute atomic E-state index is 14.0. The van der Waals surface area contributed by atoms with Crippen LogP contribution in [0.15, 0.2) is 72.8 Å². The van der Waals surface area contributed by atoms with Crippen LogP contribution in [0.3, 0.4) is 0 Å². The minimum absolute atomic E-state index is 0.0238. The highest BCUT2D eigenvalue weighted by Crippen LogP contribution is 2.37. The van der Waals surface area contributed by atoms with E-state index in [4.69, 9.17) is 0 Å². The molecule has 0 saturated carbocycles. The second-order valence-corrected chi connectivity index (χ2v) is 8.43. The summed E-state index contributed by atoms with van der Waals surface area (Å²) < 4.78 is 27.4. The number of amides is 1. The Kier molecular flexibility index (Phi) is 5.52. The van der Waals surface area contributed by atoms with Gasteiger partial charge in [0.25, 0.3) is 0 Å². The van der Waals surface area contributed by atoms with Crippen LogP contribution in [0, 0.1) is 17.6 Å². The van der Waals surface area contributed by atoms with Gasteiger partial charge in [0.05, 0.1) is 12.0 Å². The Hall–Kier alpha value is -3.41. The van der Waals surface area contributed by atoms with Crippen molar-refractivity contribution in [3.63, 3.8) is 0 Å². The van der Waals surface area contributed by atoms with Crippen LogP contribution >= 0.6 is 0 Å². The van der Waals surface area contributed by atoms with Crippen LogP contribution in [-0.4, -0.2) is 31.6 Å². The van der Waals surface area contributed by atoms with Crippen LogP contribution in [0.4, 0.5) is 20.2 Å². The van der Waals surface area contributed by atoms with Gasteiger partial charge < -0.3 is 15.1 Å². The van der Waals surface area contributed by atoms with E-state index in [-0.39, 0.29) is 36.0 Å². The van der Waals surface area contributed by atoms with Gasteiger partial charge in [-0.05, 0) is 48.4 Å². The fraction of sp³-hybridized carbons (Fsp3) is 0.269. The van der Waals surface area contributed by atoms with E-state index in [1.165, 1.54) is 23.9 Å². The average Bonchev–Trinajstić information content (AvgIpc) is 2.83.